The number of benzene rings is 3. The Morgan fingerprint density at radius 1 is 1.15 bits per heavy atom. The number of nitrogens with zero attached hydrogens (tertiary/aromatic N) is 1. The van der Waals surface area contributed by atoms with Crippen molar-refractivity contribution in [2.75, 3.05) is 7.11 Å². The minimum absolute atomic E-state index is 0.178. The van der Waals surface area contributed by atoms with Gasteiger partial charge in [-0.2, -0.15) is 5.10 Å². The molecule has 4 aromatic rings. The monoisotopic (exact) mass is 546 g/mol. The van der Waals surface area contributed by atoms with Crippen LogP contribution < -0.4 is 14.9 Å². The number of carbonyl (C=O) groups excluding carboxylic acids is 1. The van der Waals surface area contributed by atoms with Crippen LogP contribution in [0.1, 0.15) is 21.7 Å². The van der Waals surface area contributed by atoms with E-state index in [2.05, 4.69) is 26.5 Å². The van der Waals surface area contributed by atoms with Crippen molar-refractivity contribution in [1.82, 2.24) is 5.43 Å². The van der Waals surface area contributed by atoms with Crippen molar-refractivity contribution in [2.24, 2.45) is 5.10 Å². The summed E-state index contributed by atoms with van der Waals surface area (Å²) >= 11 is 15.7. The van der Waals surface area contributed by atoms with E-state index < -0.39 is 5.91 Å². The fraction of sp³-hybridized carbons (Fsp3) is 0.0833. The molecule has 0 radical (unpaired) electrons. The number of ether oxygens (including phenoxy) is 2. The summed E-state index contributed by atoms with van der Waals surface area (Å²) in [6.07, 6.45) is 1.49. The van der Waals surface area contributed by atoms with E-state index in [-0.39, 0.29) is 12.4 Å². The summed E-state index contributed by atoms with van der Waals surface area (Å²) in [5.74, 6) is 0.719. The lowest BCUT2D eigenvalue weighted by Crippen LogP contribution is -2.16. The highest BCUT2D eigenvalue weighted by atomic mass is 79.9. The van der Waals surface area contributed by atoms with Gasteiger partial charge in [-0.15, -0.1) is 0 Å². The number of furan rings is 1. The molecule has 9 heteroatoms. The van der Waals surface area contributed by atoms with Gasteiger partial charge in [0.2, 0.25) is 0 Å². The molecule has 1 amide bonds. The van der Waals surface area contributed by atoms with Crippen molar-refractivity contribution in [3.8, 4) is 11.5 Å². The smallest absolute Gasteiger partial charge is 0.307 e. The Hall–Kier alpha value is -3.00. The first-order valence-electron chi connectivity index (χ1n) is 9.71. The van der Waals surface area contributed by atoms with Gasteiger partial charge in [0.25, 0.3) is 0 Å². The van der Waals surface area contributed by atoms with Crippen molar-refractivity contribution in [3.05, 3.63) is 92.1 Å². The molecule has 0 saturated carbocycles. The maximum atomic E-state index is 12.3. The lowest BCUT2D eigenvalue weighted by Gasteiger charge is -2.14. The Labute approximate surface area is 208 Å². The lowest BCUT2D eigenvalue weighted by atomic mass is 10.2. The summed E-state index contributed by atoms with van der Waals surface area (Å²) in [6.45, 7) is 0.228. The number of rotatable bonds is 7. The molecule has 0 unspecified atom stereocenters. The number of carbonyl (C=O) groups is 1. The third-order valence-electron chi connectivity index (χ3n) is 4.67. The summed E-state index contributed by atoms with van der Waals surface area (Å²) in [5, 5.41) is 5.93. The summed E-state index contributed by atoms with van der Waals surface area (Å²) in [6, 6.07) is 17.8. The van der Waals surface area contributed by atoms with Gasteiger partial charge in [-0.05, 0) is 57.9 Å². The van der Waals surface area contributed by atoms with E-state index in [0.29, 0.717) is 37.2 Å². The van der Waals surface area contributed by atoms with E-state index in [9.17, 15) is 4.79 Å². The fourth-order valence-corrected chi connectivity index (χ4v) is 4.09. The standard InChI is InChI=1S/C24H17BrCl2N2O4/c1-31-21-9-14(8-18(25)23(21)32-13-16-6-7-17(26)11-19(16)27)12-28-29-24(30)22-10-15-4-2-3-5-20(15)33-22/h2-12H,13H2,1H3,(H,29,30). The third-order valence-corrected chi connectivity index (χ3v) is 5.84. The van der Waals surface area contributed by atoms with Crippen LogP contribution in [-0.2, 0) is 6.61 Å². The van der Waals surface area contributed by atoms with Crippen LogP contribution in [0, 0.1) is 0 Å². The summed E-state index contributed by atoms with van der Waals surface area (Å²) in [4.78, 5) is 12.3. The minimum Gasteiger partial charge on any atom is -0.493 e. The molecule has 0 spiro atoms. The summed E-state index contributed by atoms with van der Waals surface area (Å²) < 4.78 is 17.6. The normalized spacial score (nSPS) is 11.2. The highest BCUT2D eigenvalue weighted by molar-refractivity contribution is 9.10. The van der Waals surface area contributed by atoms with Crippen molar-refractivity contribution in [1.29, 1.82) is 0 Å². The van der Waals surface area contributed by atoms with Crippen molar-refractivity contribution in [3.63, 3.8) is 0 Å². The van der Waals surface area contributed by atoms with Crippen LogP contribution in [0.25, 0.3) is 11.0 Å². The van der Waals surface area contributed by atoms with Crippen LogP contribution in [0.5, 0.6) is 11.5 Å². The summed E-state index contributed by atoms with van der Waals surface area (Å²) in [7, 11) is 1.54. The second kappa shape index (κ2) is 10.3. The molecule has 3 aromatic carbocycles. The van der Waals surface area contributed by atoms with Gasteiger partial charge in [0, 0.05) is 21.0 Å². The predicted molar refractivity (Wildman–Crippen MR) is 133 cm³/mol. The molecule has 1 N–H and O–H groups in total. The molecule has 0 aliphatic carbocycles. The highest BCUT2D eigenvalue weighted by Gasteiger charge is 2.14. The molecule has 0 saturated heterocycles. The van der Waals surface area contributed by atoms with Gasteiger partial charge in [0.15, 0.2) is 17.3 Å². The van der Waals surface area contributed by atoms with Gasteiger partial charge in [-0.3, -0.25) is 4.79 Å². The number of amides is 1. The lowest BCUT2D eigenvalue weighted by molar-refractivity contribution is 0.0929. The SMILES string of the molecule is COc1cc(C=NNC(=O)c2cc3ccccc3o2)cc(Br)c1OCc1ccc(Cl)cc1Cl. The number of fused-ring (bicyclic) bond motifs is 1. The second-order valence-electron chi connectivity index (χ2n) is 6.91. The molecule has 1 heterocycles. The average molecular weight is 548 g/mol. The first-order valence-corrected chi connectivity index (χ1v) is 11.3. The largest absolute Gasteiger partial charge is 0.493 e. The van der Waals surface area contributed by atoms with Crippen LogP contribution in [0.15, 0.2) is 74.7 Å². The number of hydrazone groups is 1. The number of methoxy groups -OCH3 is 1. The Morgan fingerprint density at radius 3 is 2.73 bits per heavy atom. The molecule has 33 heavy (non-hydrogen) atoms. The van der Waals surface area contributed by atoms with Crippen LogP contribution >= 0.6 is 39.1 Å². The van der Waals surface area contributed by atoms with Crippen molar-refractivity contribution in [2.45, 2.75) is 6.61 Å². The molecule has 0 bridgehead atoms. The topological polar surface area (TPSA) is 73.1 Å². The quantitative estimate of drug-likeness (QED) is 0.203. The van der Waals surface area contributed by atoms with Crippen molar-refractivity contribution < 1.29 is 18.7 Å². The van der Waals surface area contributed by atoms with E-state index in [1.54, 1.807) is 42.5 Å². The molecule has 1 aromatic heterocycles. The van der Waals surface area contributed by atoms with Gasteiger partial charge in [0.05, 0.1) is 17.8 Å². The Bertz CT molecular complexity index is 1320. The molecule has 0 atom stereocenters. The maximum absolute atomic E-state index is 12.3. The van der Waals surface area contributed by atoms with E-state index >= 15 is 0 Å². The van der Waals surface area contributed by atoms with E-state index in [1.165, 1.54) is 13.3 Å². The first kappa shape index (κ1) is 23.2. The zero-order chi connectivity index (χ0) is 23.4. The maximum Gasteiger partial charge on any atom is 0.307 e. The van der Waals surface area contributed by atoms with E-state index in [4.69, 9.17) is 37.1 Å². The number of halogens is 3. The van der Waals surface area contributed by atoms with Crippen LogP contribution in [-0.4, -0.2) is 19.2 Å². The highest BCUT2D eigenvalue weighted by Crippen LogP contribution is 2.37. The van der Waals surface area contributed by atoms with Gasteiger partial charge in [-0.25, -0.2) is 5.43 Å². The molecule has 6 nitrogen and oxygen atoms in total. The second-order valence-corrected chi connectivity index (χ2v) is 8.60. The van der Waals surface area contributed by atoms with Crippen LogP contribution in [0.2, 0.25) is 10.0 Å². The first-order chi connectivity index (χ1) is 15.9. The number of hydrogen-bond donors (Lipinski definition) is 1. The van der Waals surface area contributed by atoms with Crippen molar-refractivity contribution >= 4 is 62.2 Å². The van der Waals surface area contributed by atoms with Crippen LogP contribution in [0.3, 0.4) is 0 Å². The number of hydrogen-bond acceptors (Lipinski definition) is 5. The fourth-order valence-electron chi connectivity index (χ4n) is 3.06. The zero-order valence-electron chi connectivity index (χ0n) is 17.3. The van der Waals surface area contributed by atoms with Gasteiger partial charge in [0.1, 0.15) is 12.2 Å². The van der Waals surface area contributed by atoms with Gasteiger partial charge >= 0.3 is 5.91 Å². The molecule has 168 valence electrons. The third kappa shape index (κ3) is 5.50. The Morgan fingerprint density at radius 2 is 1.97 bits per heavy atom. The molecule has 0 aliphatic heterocycles. The number of nitrogens with one attached hydrogen (secondary N) is 1. The van der Waals surface area contributed by atoms with E-state index in [1.807, 2.05) is 18.2 Å². The number of para-hydroxylation sites is 1. The zero-order valence-corrected chi connectivity index (χ0v) is 20.4. The van der Waals surface area contributed by atoms with Gasteiger partial charge < -0.3 is 13.9 Å². The molecule has 0 aliphatic rings. The van der Waals surface area contributed by atoms with E-state index in [0.717, 1.165) is 10.9 Å². The molecule has 0 fully saturated rings. The molecule has 4 rings (SSSR count). The predicted octanol–water partition coefficient (Wildman–Crippen LogP) is 6.85. The van der Waals surface area contributed by atoms with Gasteiger partial charge in [-0.1, -0.05) is 47.5 Å². The minimum atomic E-state index is -0.451. The summed E-state index contributed by atoms with van der Waals surface area (Å²) in [5.41, 5.74) is 4.56. The van der Waals surface area contributed by atoms with Crippen LogP contribution in [0.4, 0.5) is 0 Å². The Kier molecular flexibility index (Phi) is 7.23. The molecular weight excluding hydrogens is 531 g/mol. The molecular formula is C24H17BrCl2N2O4. The average Bonchev–Trinajstić information content (AvgIpc) is 3.23. The Balaban J connectivity index is 1.45.